The molecule has 1 aromatic rings. The third kappa shape index (κ3) is 4.73. The summed E-state index contributed by atoms with van der Waals surface area (Å²) >= 11 is 0. The molecule has 0 unspecified atom stereocenters. The van der Waals surface area contributed by atoms with Gasteiger partial charge in [-0.05, 0) is 12.8 Å². The molecule has 0 saturated carbocycles. The Balaban J connectivity index is 2.51. The van der Waals surface area contributed by atoms with Gasteiger partial charge in [-0.3, -0.25) is 4.79 Å². The summed E-state index contributed by atoms with van der Waals surface area (Å²) in [5, 5.41) is 3.93. The Morgan fingerprint density at radius 2 is 1.94 bits per heavy atom. The van der Waals surface area contributed by atoms with Crippen LogP contribution in [-0.2, 0) is 11.3 Å². The van der Waals surface area contributed by atoms with Gasteiger partial charge in [0.1, 0.15) is 12.9 Å². The monoisotopic (exact) mass is 253 g/mol. The fourth-order valence-electron chi connectivity index (χ4n) is 1.68. The maximum absolute atomic E-state index is 12.1. The van der Waals surface area contributed by atoms with E-state index in [0.29, 0.717) is 0 Å². The zero-order valence-electron chi connectivity index (χ0n) is 11.3. The Labute approximate surface area is 108 Å². The standard InChI is InChI=1S/C12H23N5O/c1-3-5-7-16(8-6-4-2)11(18)9-17-10-14-12(13)15-17/h10H,3-9H2,1-2H3,(H2,13,15). The van der Waals surface area contributed by atoms with Crippen LogP contribution >= 0.6 is 0 Å². The minimum absolute atomic E-state index is 0.0850. The number of rotatable bonds is 8. The molecule has 1 rings (SSSR count). The van der Waals surface area contributed by atoms with E-state index in [0.717, 1.165) is 38.8 Å². The van der Waals surface area contributed by atoms with Crippen LogP contribution in [0, 0.1) is 0 Å². The SMILES string of the molecule is CCCCN(CCCC)C(=O)Cn1cnc(N)n1. The highest BCUT2D eigenvalue weighted by molar-refractivity contribution is 5.75. The van der Waals surface area contributed by atoms with Crippen LogP contribution in [0.5, 0.6) is 0 Å². The average molecular weight is 253 g/mol. The molecule has 0 aliphatic carbocycles. The van der Waals surface area contributed by atoms with Crippen LogP contribution in [0.2, 0.25) is 0 Å². The van der Waals surface area contributed by atoms with Crippen LogP contribution in [0.15, 0.2) is 6.33 Å². The molecule has 2 N–H and O–H groups in total. The van der Waals surface area contributed by atoms with Gasteiger partial charge in [0, 0.05) is 13.1 Å². The summed E-state index contributed by atoms with van der Waals surface area (Å²) in [5.74, 6) is 0.290. The molecule has 0 aliphatic heterocycles. The Hall–Kier alpha value is -1.59. The Bertz CT molecular complexity index is 355. The molecule has 0 aromatic carbocycles. The summed E-state index contributed by atoms with van der Waals surface area (Å²) in [6, 6.07) is 0. The van der Waals surface area contributed by atoms with Gasteiger partial charge in [0.25, 0.3) is 0 Å². The van der Waals surface area contributed by atoms with Gasteiger partial charge in [0.15, 0.2) is 0 Å². The topological polar surface area (TPSA) is 77.0 Å². The summed E-state index contributed by atoms with van der Waals surface area (Å²) < 4.78 is 1.49. The first kappa shape index (κ1) is 14.5. The molecule has 0 saturated heterocycles. The fraction of sp³-hybridized carbons (Fsp3) is 0.750. The van der Waals surface area contributed by atoms with Crippen molar-refractivity contribution >= 4 is 11.9 Å². The van der Waals surface area contributed by atoms with Gasteiger partial charge in [0.05, 0.1) is 0 Å². The molecule has 0 bridgehead atoms. The lowest BCUT2D eigenvalue weighted by atomic mass is 10.2. The van der Waals surface area contributed by atoms with E-state index in [-0.39, 0.29) is 18.4 Å². The minimum atomic E-state index is 0.0850. The zero-order valence-corrected chi connectivity index (χ0v) is 11.3. The highest BCUT2D eigenvalue weighted by Gasteiger charge is 2.13. The molecule has 6 heteroatoms. The van der Waals surface area contributed by atoms with Crippen molar-refractivity contribution in [2.45, 2.75) is 46.1 Å². The second kappa shape index (κ2) is 7.68. The molecule has 1 heterocycles. The highest BCUT2D eigenvalue weighted by atomic mass is 16.2. The maximum Gasteiger partial charge on any atom is 0.244 e. The van der Waals surface area contributed by atoms with E-state index in [2.05, 4.69) is 23.9 Å². The average Bonchev–Trinajstić information content (AvgIpc) is 2.75. The van der Waals surface area contributed by atoms with Gasteiger partial charge in [-0.1, -0.05) is 26.7 Å². The lowest BCUT2D eigenvalue weighted by molar-refractivity contribution is -0.132. The maximum atomic E-state index is 12.1. The number of nitrogens with two attached hydrogens (primary N) is 1. The summed E-state index contributed by atoms with van der Waals surface area (Å²) in [6.45, 7) is 6.11. The molecule has 0 radical (unpaired) electrons. The van der Waals surface area contributed by atoms with E-state index < -0.39 is 0 Å². The first-order valence-corrected chi connectivity index (χ1v) is 6.60. The number of carbonyl (C=O) groups is 1. The van der Waals surface area contributed by atoms with Crippen molar-refractivity contribution in [2.75, 3.05) is 18.8 Å². The normalized spacial score (nSPS) is 10.6. The van der Waals surface area contributed by atoms with E-state index in [4.69, 9.17) is 5.73 Å². The molecular weight excluding hydrogens is 230 g/mol. The van der Waals surface area contributed by atoms with Crippen LogP contribution in [0.1, 0.15) is 39.5 Å². The number of nitrogens with zero attached hydrogens (tertiary/aromatic N) is 4. The first-order chi connectivity index (χ1) is 8.67. The third-order valence-electron chi connectivity index (χ3n) is 2.77. The number of anilines is 1. The van der Waals surface area contributed by atoms with Gasteiger partial charge in [-0.15, -0.1) is 5.10 Å². The quantitative estimate of drug-likeness (QED) is 0.757. The lowest BCUT2D eigenvalue weighted by Crippen LogP contribution is -2.35. The summed E-state index contributed by atoms with van der Waals surface area (Å²) in [7, 11) is 0. The van der Waals surface area contributed by atoms with Gasteiger partial charge in [-0.25, -0.2) is 9.67 Å². The van der Waals surface area contributed by atoms with Crippen molar-refractivity contribution in [3.8, 4) is 0 Å². The van der Waals surface area contributed by atoms with Gasteiger partial charge in [0.2, 0.25) is 11.9 Å². The van der Waals surface area contributed by atoms with Gasteiger partial charge >= 0.3 is 0 Å². The van der Waals surface area contributed by atoms with E-state index in [1.807, 2.05) is 4.90 Å². The van der Waals surface area contributed by atoms with Gasteiger partial charge < -0.3 is 10.6 Å². The Morgan fingerprint density at radius 3 is 2.39 bits per heavy atom. The number of nitrogen functional groups attached to an aromatic ring is 1. The summed E-state index contributed by atoms with van der Waals surface area (Å²) in [4.78, 5) is 17.8. The molecule has 1 amide bonds. The third-order valence-corrected chi connectivity index (χ3v) is 2.77. The number of carbonyl (C=O) groups excluding carboxylic acids is 1. The number of aromatic nitrogens is 3. The Morgan fingerprint density at radius 1 is 1.33 bits per heavy atom. The molecule has 6 nitrogen and oxygen atoms in total. The molecule has 0 aliphatic rings. The lowest BCUT2D eigenvalue weighted by Gasteiger charge is -2.22. The zero-order chi connectivity index (χ0) is 13.4. The number of hydrogen-bond donors (Lipinski definition) is 1. The number of hydrogen-bond acceptors (Lipinski definition) is 4. The van der Waals surface area contributed by atoms with Crippen molar-refractivity contribution in [2.24, 2.45) is 0 Å². The van der Waals surface area contributed by atoms with Crippen LogP contribution in [0.25, 0.3) is 0 Å². The summed E-state index contributed by atoms with van der Waals surface area (Å²) in [6.07, 6.45) is 5.74. The largest absolute Gasteiger partial charge is 0.367 e. The molecule has 102 valence electrons. The minimum Gasteiger partial charge on any atom is -0.367 e. The van der Waals surface area contributed by atoms with Gasteiger partial charge in [-0.2, -0.15) is 0 Å². The predicted octanol–water partition coefficient (Wildman–Crippen LogP) is 1.29. The van der Waals surface area contributed by atoms with Crippen molar-refractivity contribution in [1.82, 2.24) is 19.7 Å². The fourth-order valence-corrected chi connectivity index (χ4v) is 1.68. The van der Waals surface area contributed by atoms with Crippen molar-refractivity contribution in [3.63, 3.8) is 0 Å². The van der Waals surface area contributed by atoms with E-state index >= 15 is 0 Å². The van der Waals surface area contributed by atoms with E-state index in [1.54, 1.807) is 0 Å². The van der Waals surface area contributed by atoms with Crippen LogP contribution in [0.3, 0.4) is 0 Å². The predicted molar refractivity (Wildman–Crippen MR) is 70.8 cm³/mol. The molecule has 0 atom stereocenters. The second-order valence-corrected chi connectivity index (χ2v) is 4.39. The highest BCUT2D eigenvalue weighted by Crippen LogP contribution is 2.02. The van der Waals surface area contributed by atoms with Crippen LogP contribution in [-0.4, -0.2) is 38.7 Å². The Kier molecular flexibility index (Phi) is 6.18. The number of amides is 1. The van der Waals surface area contributed by atoms with Crippen molar-refractivity contribution in [3.05, 3.63) is 6.33 Å². The molecule has 1 aromatic heterocycles. The van der Waals surface area contributed by atoms with E-state index in [9.17, 15) is 4.79 Å². The van der Waals surface area contributed by atoms with Crippen molar-refractivity contribution in [1.29, 1.82) is 0 Å². The number of unbranched alkanes of at least 4 members (excludes halogenated alkanes) is 2. The van der Waals surface area contributed by atoms with Crippen LogP contribution in [0.4, 0.5) is 5.95 Å². The summed E-state index contributed by atoms with van der Waals surface area (Å²) in [5.41, 5.74) is 5.42. The van der Waals surface area contributed by atoms with Crippen LogP contribution < -0.4 is 5.73 Å². The molecular formula is C12H23N5O. The second-order valence-electron chi connectivity index (χ2n) is 4.39. The molecule has 0 fully saturated rings. The van der Waals surface area contributed by atoms with E-state index in [1.165, 1.54) is 11.0 Å². The van der Waals surface area contributed by atoms with Crippen molar-refractivity contribution < 1.29 is 4.79 Å². The first-order valence-electron chi connectivity index (χ1n) is 6.60. The smallest absolute Gasteiger partial charge is 0.244 e. The molecule has 18 heavy (non-hydrogen) atoms. The molecule has 0 spiro atoms.